The standard InChI is InChI=1S/C17H17ClO3/c1-11(19)15-8-13(18)6-7-17(15)21-10-12-9-20-16-5-3-2-4-14(12)16/h2-8,11-12,19H,9-10H2,1H3. The third-order valence-electron chi connectivity index (χ3n) is 3.66. The summed E-state index contributed by atoms with van der Waals surface area (Å²) in [5, 5.41) is 10.4. The van der Waals surface area contributed by atoms with E-state index in [1.807, 2.05) is 18.2 Å². The van der Waals surface area contributed by atoms with E-state index in [0.29, 0.717) is 29.5 Å². The van der Waals surface area contributed by atoms with Crippen molar-refractivity contribution in [2.45, 2.75) is 18.9 Å². The highest BCUT2D eigenvalue weighted by atomic mass is 35.5. The molecule has 0 amide bonds. The van der Waals surface area contributed by atoms with E-state index in [0.717, 1.165) is 5.75 Å². The Morgan fingerprint density at radius 2 is 2.14 bits per heavy atom. The Labute approximate surface area is 129 Å². The van der Waals surface area contributed by atoms with Crippen LogP contribution in [0.5, 0.6) is 11.5 Å². The Hall–Kier alpha value is -1.71. The molecule has 1 aliphatic rings. The van der Waals surface area contributed by atoms with Gasteiger partial charge in [-0.05, 0) is 31.2 Å². The molecule has 21 heavy (non-hydrogen) atoms. The minimum absolute atomic E-state index is 0.207. The Kier molecular flexibility index (Phi) is 4.04. The number of aliphatic hydroxyl groups is 1. The van der Waals surface area contributed by atoms with Crippen molar-refractivity contribution in [1.82, 2.24) is 0 Å². The van der Waals surface area contributed by atoms with E-state index in [9.17, 15) is 5.11 Å². The number of fused-ring (bicyclic) bond motifs is 1. The highest BCUT2D eigenvalue weighted by molar-refractivity contribution is 6.30. The third kappa shape index (κ3) is 2.99. The van der Waals surface area contributed by atoms with Gasteiger partial charge in [-0.1, -0.05) is 29.8 Å². The van der Waals surface area contributed by atoms with E-state index in [2.05, 4.69) is 6.07 Å². The summed E-state index contributed by atoms with van der Waals surface area (Å²) in [5.41, 5.74) is 1.87. The van der Waals surface area contributed by atoms with Crippen LogP contribution in [-0.2, 0) is 0 Å². The normalized spacial score (nSPS) is 18.0. The van der Waals surface area contributed by atoms with E-state index in [1.54, 1.807) is 25.1 Å². The third-order valence-corrected chi connectivity index (χ3v) is 3.90. The Morgan fingerprint density at radius 3 is 2.95 bits per heavy atom. The zero-order chi connectivity index (χ0) is 14.8. The molecule has 2 unspecified atom stereocenters. The fraction of sp³-hybridized carbons (Fsp3) is 0.294. The van der Waals surface area contributed by atoms with Crippen molar-refractivity contribution in [3.8, 4) is 11.5 Å². The van der Waals surface area contributed by atoms with Crippen molar-refractivity contribution in [3.63, 3.8) is 0 Å². The molecule has 0 spiro atoms. The number of rotatable bonds is 4. The lowest BCUT2D eigenvalue weighted by Gasteiger charge is -2.16. The molecular formula is C17H17ClO3. The first-order chi connectivity index (χ1) is 10.1. The van der Waals surface area contributed by atoms with E-state index < -0.39 is 6.10 Å². The lowest BCUT2D eigenvalue weighted by Crippen LogP contribution is -2.12. The van der Waals surface area contributed by atoms with Gasteiger partial charge in [0, 0.05) is 16.1 Å². The second kappa shape index (κ2) is 5.96. The summed E-state index contributed by atoms with van der Waals surface area (Å²) < 4.78 is 11.5. The first-order valence-corrected chi connectivity index (χ1v) is 7.35. The van der Waals surface area contributed by atoms with E-state index in [1.165, 1.54) is 5.56 Å². The van der Waals surface area contributed by atoms with Crippen molar-refractivity contribution in [1.29, 1.82) is 0 Å². The SMILES string of the molecule is CC(O)c1cc(Cl)ccc1OCC1COc2ccccc21. The molecule has 1 N–H and O–H groups in total. The number of ether oxygens (including phenoxy) is 2. The largest absolute Gasteiger partial charge is 0.493 e. The summed E-state index contributed by atoms with van der Waals surface area (Å²) in [4.78, 5) is 0. The number of hydrogen-bond donors (Lipinski definition) is 1. The average Bonchev–Trinajstić information content (AvgIpc) is 2.89. The second-order valence-corrected chi connectivity index (χ2v) is 5.65. The number of para-hydroxylation sites is 1. The topological polar surface area (TPSA) is 38.7 Å². The van der Waals surface area contributed by atoms with Gasteiger partial charge in [0.2, 0.25) is 0 Å². The van der Waals surface area contributed by atoms with Crippen LogP contribution in [0, 0.1) is 0 Å². The van der Waals surface area contributed by atoms with Crippen molar-refractivity contribution < 1.29 is 14.6 Å². The molecule has 0 aromatic heterocycles. The Bertz CT molecular complexity index is 640. The predicted molar refractivity (Wildman–Crippen MR) is 82.3 cm³/mol. The number of benzene rings is 2. The maximum Gasteiger partial charge on any atom is 0.125 e. The molecule has 3 nitrogen and oxygen atoms in total. The van der Waals surface area contributed by atoms with Crippen LogP contribution in [0.3, 0.4) is 0 Å². The molecule has 2 atom stereocenters. The molecule has 110 valence electrons. The molecule has 0 radical (unpaired) electrons. The van der Waals surface area contributed by atoms with Crippen LogP contribution in [0.4, 0.5) is 0 Å². The highest BCUT2D eigenvalue weighted by Crippen LogP contribution is 2.35. The quantitative estimate of drug-likeness (QED) is 0.929. The molecule has 0 fully saturated rings. The molecule has 0 bridgehead atoms. The maximum absolute atomic E-state index is 9.82. The molecule has 3 rings (SSSR count). The summed E-state index contributed by atoms with van der Waals surface area (Å²) in [6.07, 6.45) is -0.620. The first-order valence-electron chi connectivity index (χ1n) is 6.97. The Balaban J connectivity index is 1.75. The smallest absolute Gasteiger partial charge is 0.125 e. The van der Waals surface area contributed by atoms with Crippen molar-refractivity contribution >= 4 is 11.6 Å². The number of aliphatic hydroxyl groups excluding tert-OH is 1. The summed E-state index contributed by atoms with van der Waals surface area (Å²) in [6, 6.07) is 13.3. The van der Waals surface area contributed by atoms with Crippen molar-refractivity contribution in [2.24, 2.45) is 0 Å². The molecule has 0 saturated carbocycles. The van der Waals surface area contributed by atoms with E-state index in [-0.39, 0.29) is 5.92 Å². The molecule has 1 aliphatic heterocycles. The summed E-state index contributed by atoms with van der Waals surface area (Å²) in [7, 11) is 0. The van der Waals surface area contributed by atoms with Gasteiger partial charge in [-0.2, -0.15) is 0 Å². The van der Waals surface area contributed by atoms with Crippen molar-refractivity contribution in [3.05, 3.63) is 58.6 Å². The van der Waals surface area contributed by atoms with Gasteiger partial charge >= 0.3 is 0 Å². The molecule has 2 aromatic rings. The van der Waals surface area contributed by atoms with Crippen LogP contribution in [0.2, 0.25) is 5.02 Å². The molecule has 0 saturated heterocycles. The molecule has 1 heterocycles. The number of hydrogen-bond acceptors (Lipinski definition) is 3. The van der Waals surface area contributed by atoms with Gasteiger partial charge in [-0.3, -0.25) is 0 Å². The van der Waals surface area contributed by atoms with Gasteiger partial charge < -0.3 is 14.6 Å². The minimum Gasteiger partial charge on any atom is -0.493 e. The van der Waals surface area contributed by atoms with Gasteiger partial charge in [0.25, 0.3) is 0 Å². The van der Waals surface area contributed by atoms with Crippen LogP contribution in [-0.4, -0.2) is 18.3 Å². The minimum atomic E-state index is -0.620. The van der Waals surface area contributed by atoms with Gasteiger partial charge in [-0.15, -0.1) is 0 Å². The Morgan fingerprint density at radius 1 is 1.33 bits per heavy atom. The highest BCUT2D eigenvalue weighted by Gasteiger charge is 2.24. The fourth-order valence-corrected chi connectivity index (χ4v) is 2.72. The van der Waals surface area contributed by atoms with E-state index >= 15 is 0 Å². The van der Waals surface area contributed by atoms with E-state index in [4.69, 9.17) is 21.1 Å². The molecule has 0 aliphatic carbocycles. The molecule has 4 heteroatoms. The average molecular weight is 305 g/mol. The van der Waals surface area contributed by atoms with Gasteiger partial charge in [0.05, 0.1) is 25.2 Å². The van der Waals surface area contributed by atoms with Gasteiger partial charge in [-0.25, -0.2) is 0 Å². The lowest BCUT2D eigenvalue weighted by atomic mass is 10.0. The predicted octanol–water partition coefficient (Wildman–Crippen LogP) is 3.95. The van der Waals surface area contributed by atoms with Gasteiger partial charge in [0.1, 0.15) is 11.5 Å². The zero-order valence-corrected chi connectivity index (χ0v) is 12.5. The first kappa shape index (κ1) is 14.2. The van der Waals surface area contributed by atoms with Crippen LogP contribution >= 0.6 is 11.6 Å². The number of halogens is 1. The fourth-order valence-electron chi connectivity index (χ4n) is 2.53. The van der Waals surface area contributed by atoms with Gasteiger partial charge in [0.15, 0.2) is 0 Å². The van der Waals surface area contributed by atoms with Crippen LogP contribution in [0.25, 0.3) is 0 Å². The maximum atomic E-state index is 9.82. The molecular weight excluding hydrogens is 288 g/mol. The van der Waals surface area contributed by atoms with Crippen LogP contribution in [0.1, 0.15) is 30.1 Å². The summed E-state index contributed by atoms with van der Waals surface area (Å²) in [5.74, 6) is 1.80. The van der Waals surface area contributed by atoms with Crippen LogP contribution < -0.4 is 9.47 Å². The van der Waals surface area contributed by atoms with Crippen molar-refractivity contribution in [2.75, 3.05) is 13.2 Å². The van der Waals surface area contributed by atoms with Crippen LogP contribution in [0.15, 0.2) is 42.5 Å². The zero-order valence-electron chi connectivity index (χ0n) is 11.8. The summed E-state index contributed by atoms with van der Waals surface area (Å²) in [6.45, 7) is 2.84. The lowest BCUT2D eigenvalue weighted by molar-refractivity contribution is 0.187. The second-order valence-electron chi connectivity index (χ2n) is 5.21. The monoisotopic (exact) mass is 304 g/mol. The molecule has 2 aromatic carbocycles. The summed E-state index contributed by atoms with van der Waals surface area (Å²) >= 11 is 5.97.